The number of anilines is 1. The minimum atomic E-state index is 0.573. The van der Waals surface area contributed by atoms with Gasteiger partial charge >= 0.3 is 0 Å². The Kier molecular flexibility index (Phi) is 2.93. The molecular formula is C10H16N4. The maximum absolute atomic E-state index is 5.60. The summed E-state index contributed by atoms with van der Waals surface area (Å²) in [6, 6.07) is 1.73. The van der Waals surface area contributed by atoms with Crippen LogP contribution < -0.4 is 11.1 Å². The van der Waals surface area contributed by atoms with E-state index in [2.05, 4.69) is 15.3 Å². The fraction of sp³-hybridized carbons (Fsp3) is 0.600. The van der Waals surface area contributed by atoms with E-state index in [0.717, 1.165) is 31.3 Å². The number of nitrogens with zero attached hydrogens (tertiary/aromatic N) is 2. The molecule has 1 fully saturated rings. The van der Waals surface area contributed by atoms with Crippen molar-refractivity contribution in [2.45, 2.75) is 19.3 Å². The van der Waals surface area contributed by atoms with Gasteiger partial charge in [0.15, 0.2) is 0 Å². The summed E-state index contributed by atoms with van der Waals surface area (Å²) in [5, 5.41) is 3.35. The van der Waals surface area contributed by atoms with Crippen LogP contribution in [0, 0.1) is 5.92 Å². The molecule has 4 nitrogen and oxygen atoms in total. The van der Waals surface area contributed by atoms with Gasteiger partial charge in [0.25, 0.3) is 0 Å². The number of piperidine rings is 1. The van der Waals surface area contributed by atoms with E-state index in [-0.39, 0.29) is 0 Å². The Hall–Kier alpha value is -1.16. The van der Waals surface area contributed by atoms with Crippen molar-refractivity contribution < 1.29 is 0 Å². The molecule has 0 aromatic carbocycles. The highest BCUT2D eigenvalue weighted by molar-refractivity contribution is 5.25. The van der Waals surface area contributed by atoms with Crippen molar-refractivity contribution in [3.8, 4) is 0 Å². The summed E-state index contributed by atoms with van der Waals surface area (Å²) in [6.45, 7) is 2.24. The highest BCUT2D eigenvalue weighted by Gasteiger charge is 2.14. The average Bonchev–Trinajstić information content (AvgIpc) is 2.19. The molecule has 1 aromatic heterocycles. The number of rotatable bonds is 2. The third kappa shape index (κ3) is 2.42. The zero-order chi connectivity index (χ0) is 9.80. The Morgan fingerprint density at radius 2 is 2.21 bits per heavy atom. The van der Waals surface area contributed by atoms with Crippen molar-refractivity contribution in [2.75, 3.05) is 18.8 Å². The number of nitrogen functional groups attached to an aromatic ring is 1. The molecule has 1 aliphatic rings. The van der Waals surface area contributed by atoms with Crippen molar-refractivity contribution in [3.63, 3.8) is 0 Å². The first-order valence-corrected chi connectivity index (χ1v) is 5.13. The molecule has 0 radical (unpaired) electrons. The van der Waals surface area contributed by atoms with Gasteiger partial charge in [-0.3, -0.25) is 0 Å². The van der Waals surface area contributed by atoms with E-state index >= 15 is 0 Å². The molecule has 0 atom stereocenters. The largest absolute Gasteiger partial charge is 0.384 e. The minimum Gasteiger partial charge on any atom is -0.384 e. The van der Waals surface area contributed by atoms with Crippen LogP contribution >= 0.6 is 0 Å². The molecule has 0 bridgehead atoms. The summed E-state index contributed by atoms with van der Waals surface area (Å²) in [5.41, 5.74) is 5.60. The van der Waals surface area contributed by atoms with E-state index < -0.39 is 0 Å². The Morgan fingerprint density at radius 3 is 2.93 bits per heavy atom. The second-order valence-corrected chi connectivity index (χ2v) is 3.80. The third-order valence-corrected chi connectivity index (χ3v) is 2.66. The molecule has 0 aliphatic carbocycles. The second kappa shape index (κ2) is 4.37. The normalized spacial score (nSPS) is 18.3. The SMILES string of the molecule is Nc1ccnc(CC2CCNCC2)n1. The van der Waals surface area contributed by atoms with Gasteiger partial charge in [-0.25, -0.2) is 9.97 Å². The van der Waals surface area contributed by atoms with Gasteiger partial charge in [0.05, 0.1) is 0 Å². The number of aromatic nitrogens is 2. The molecule has 76 valence electrons. The zero-order valence-corrected chi connectivity index (χ0v) is 8.24. The number of hydrogen-bond acceptors (Lipinski definition) is 4. The lowest BCUT2D eigenvalue weighted by Crippen LogP contribution is -2.29. The lowest BCUT2D eigenvalue weighted by molar-refractivity contribution is 0.367. The van der Waals surface area contributed by atoms with Gasteiger partial charge in [-0.1, -0.05) is 0 Å². The molecule has 2 rings (SSSR count). The van der Waals surface area contributed by atoms with Crippen LogP contribution in [0.3, 0.4) is 0 Å². The number of nitrogens with one attached hydrogen (secondary N) is 1. The first kappa shape index (κ1) is 9.40. The van der Waals surface area contributed by atoms with Crippen LogP contribution in [0.5, 0.6) is 0 Å². The van der Waals surface area contributed by atoms with E-state index in [1.807, 2.05) is 0 Å². The first-order valence-electron chi connectivity index (χ1n) is 5.13. The Labute approximate surface area is 83.9 Å². The number of nitrogens with two attached hydrogens (primary N) is 1. The Balaban J connectivity index is 1.95. The van der Waals surface area contributed by atoms with Crippen molar-refractivity contribution in [3.05, 3.63) is 18.1 Å². The van der Waals surface area contributed by atoms with Gasteiger partial charge < -0.3 is 11.1 Å². The lowest BCUT2D eigenvalue weighted by Gasteiger charge is -2.21. The lowest BCUT2D eigenvalue weighted by atomic mass is 9.94. The highest BCUT2D eigenvalue weighted by atomic mass is 14.9. The van der Waals surface area contributed by atoms with Crippen LogP contribution in [0.25, 0.3) is 0 Å². The maximum Gasteiger partial charge on any atom is 0.130 e. The molecule has 0 unspecified atom stereocenters. The van der Waals surface area contributed by atoms with E-state index in [0.29, 0.717) is 5.82 Å². The summed E-state index contributed by atoms with van der Waals surface area (Å²) in [6.07, 6.45) is 5.14. The van der Waals surface area contributed by atoms with Gasteiger partial charge in [-0.15, -0.1) is 0 Å². The smallest absolute Gasteiger partial charge is 0.130 e. The fourth-order valence-corrected chi connectivity index (χ4v) is 1.86. The van der Waals surface area contributed by atoms with Gasteiger partial charge in [-0.2, -0.15) is 0 Å². The Bertz CT molecular complexity index is 294. The third-order valence-electron chi connectivity index (χ3n) is 2.66. The summed E-state index contributed by atoms with van der Waals surface area (Å²) in [5.74, 6) is 2.18. The van der Waals surface area contributed by atoms with Crippen LogP contribution in [0.15, 0.2) is 12.3 Å². The van der Waals surface area contributed by atoms with Crippen molar-refractivity contribution in [1.82, 2.24) is 15.3 Å². The standard InChI is InChI=1S/C10H16N4/c11-9-3-6-13-10(14-9)7-8-1-4-12-5-2-8/h3,6,8,12H,1-2,4-5,7H2,(H2,11,13,14). The van der Waals surface area contributed by atoms with Gasteiger partial charge in [0.2, 0.25) is 0 Å². The second-order valence-electron chi connectivity index (χ2n) is 3.80. The topological polar surface area (TPSA) is 63.8 Å². The predicted octanol–water partition coefficient (Wildman–Crippen LogP) is 0.601. The number of hydrogen-bond donors (Lipinski definition) is 2. The average molecular weight is 192 g/mol. The van der Waals surface area contributed by atoms with Crippen LogP contribution in [-0.4, -0.2) is 23.1 Å². The van der Waals surface area contributed by atoms with E-state index in [1.54, 1.807) is 12.3 Å². The van der Waals surface area contributed by atoms with Crippen LogP contribution in [0.2, 0.25) is 0 Å². The molecule has 1 saturated heterocycles. The molecular weight excluding hydrogens is 176 g/mol. The highest BCUT2D eigenvalue weighted by Crippen LogP contribution is 2.15. The molecule has 0 saturated carbocycles. The summed E-state index contributed by atoms with van der Waals surface area (Å²) < 4.78 is 0. The minimum absolute atomic E-state index is 0.573. The summed E-state index contributed by atoms with van der Waals surface area (Å²) in [4.78, 5) is 8.44. The van der Waals surface area contributed by atoms with Crippen molar-refractivity contribution >= 4 is 5.82 Å². The Morgan fingerprint density at radius 1 is 1.43 bits per heavy atom. The quantitative estimate of drug-likeness (QED) is 0.720. The summed E-state index contributed by atoms with van der Waals surface area (Å²) in [7, 11) is 0. The predicted molar refractivity (Wildman–Crippen MR) is 55.7 cm³/mol. The van der Waals surface area contributed by atoms with Crippen LogP contribution in [-0.2, 0) is 6.42 Å². The molecule has 0 spiro atoms. The molecule has 4 heteroatoms. The molecule has 1 aromatic rings. The van der Waals surface area contributed by atoms with Gasteiger partial charge in [-0.05, 0) is 37.9 Å². The van der Waals surface area contributed by atoms with E-state index in [9.17, 15) is 0 Å². The monoisotopic (exact) mass is 192 g/mol. The fourth-order valence-electron chi connectivity index (χ4n) is 1.86. The van der Waals surface area contributed by atoms with Crippen molar-refractivity contribution in [2.24, 2.45) is 5.92 Å². The van der Waals surface area contributed by atoms with Crippen molar-refractivity contribution in [1.29, 1.82) is 0 Å². The first-order chi connectivity index (χ1) is 6.84. The molecule has 14 heavy (non-hydrogen) atoms. The molecule has 1 aliphatic heterocycles. The maximum atomic E-state index is 5.60. The zero-order valence-electron chi connectivity index (χ0n) is 8.24. The van der Waals surface area contributed by atoms with Crippen LogP contribution in [0.1, 0.15) is 18.7 Å². The molecule has 3 N–H and O–H groups in total. The summed E-state index contributed by atoms with van der Waals surface area (Å²) >= 11 is 0. The van der Waals surface area contributed by atoms with E-state index in [1.165, 1.54) is 12.8 Å². The van der Waals surface area contributed by atoms with E-state index in [4.69, 9.17) is 5.73 Å². The van der Waals surface area contributed by atoms with Gasteiger partial charge in [0.1, 0.15) is 11.6 Å². The molecule has 2 heterocycles. The molecule has 0 amide bonds. The van der Waals surface area contributed by atoms with Gasteiger partial charge in [0, 0.05) is 12.6 Å². The van der Waals surface area contributed by atoms with Crippen LogP contribution in [0.4, 0.5) is 5.82 Å².